The fraction of sp³-hybridized carbons (Fsp3) is 0.286. The summed E-state index contributed by atoms with van der Waals surface area (Å²) in [5.74, 6) is 0.836. The number of rotatable bonds is 7. The lowest BCUT2D eigenvalue weighted by Crippen LogP contribution is -2.30. The number of hydrogen-bond donors (Lipinski definition) is 0. The average Bonchev–Trinajstić information content (AvgIpc) is 3.23. The maximum atomic E-state index is 12.5. The molecule has 6 heteroatoms. The van der Waals surface area contributed by atoms with Gasteiger partial charge in [-0.2, -0.15) is 5.10 Å². The first kappa shape index (κ1) is 18.6. The van der Waals surface area contributed by atoms with Crippen molar-refractivity contribution >= 4 is 5.91 Å². The number of aromatic nitrogens is 3. The van der Waals surface area contributed by atoms with Gasteiger partial charge in [0, 0.05) is 7.05 Å². The molecule has 27 heavy (non-hydrogen) atoms. The van der Waals surface area contributed by atoms with Gasteiger partial charge in [-0.3, -0.25) is 4.79 Å². The number of ether oxygens (including phenoxy) is 1. The van der Waals surface area contributed by atoms with E-state index in [9.17, 15) is 4.79 Å². The number of amides is 1. The molecular weight excluding hydrogens is 340 g/mol. The van der Waals surface area contributed by atoms with E-state index in [1.54, 1.807) is 15.9 Å². The summed E-state index contributed by atoms with van der Waals surface area (Å²) in [4.78, 5) is 18.2. The number of carbonyl (C=O) groups excluding carboxylic acids is 1. The maximum absolute atomic E-state index is 12.5. The zero-order valence-corrected chi connectivity index (χ0v) is 15.9. The Balaban J connectivity index is 1.53. The molecule has 0 spiro atoms. The predicted molar refractivity (Wildman–Crippen MR) is 104 cm³/mol. The molecule has 0 radical (unpaired) electrons. The third-order valence-corrected chi connectivity index (χ3v) is 4.64. The average molecular weight is 364 g/mol. The molecule has 1 heterocycles. The molecule has 0 aliphatic heterocycles. The molecule has 1 aromatic heterocycles. The third kappa shape index (κ3) is 4.73. The second-order valence-corrected chi connectivity index (χ2v) is 6.52. The molecule has 0 saturated heterocycles. The minimum absolute atomic E-state index is 0.0262. The van der Waals surface area contributed by atoms with Crippen molar-refractivity contribution in [3.05, 3.63) is 72.3 Å². The van der Waals surface area contributed by atoms with Crippen LogP contribution in [-0.4, -0.2) is 39.2 Å². The van der Waals surface area contributed by atoms with Crippen molar-refractivity contribution in [1.82, 2.24) is 19.7 Å². The summed E-state index contributed by atoms with van der Waals surface area (Å²) in [5.41, 5.74) is 3.18. The number of aryl methyl sites for hydroxylation is 1. The minimum atomic E-state index is -0.0262. The fourth-order valence-electron chi connectivity index (χ4n) is 2.75. The lowest BCUT2D eigenvalue weighted by atomic mass is 10.1. The van der Waals surface area contributed by atoms with Crippen molar-refractivity contribution in [2.45, 2.75) is 26.3 Å². The van der Waals surface area contributed by atoms with Crippen molar-refractivity contribution in [3.8, 4) is 11.4 Å². The zero-order chi connectivity index (χ0) is 19.2. The smallest absolute Gasteiger partial charge is 0.226 e. The van der Waals surface area contributed by atoms with Gasteiger partial charge in [0.1, 0.15) is 18.4 Å². The normalized spacial score (nSPS) is 11.8. The summed E-state index contributed by atoms with van der Waals surface area (Å²) in [6.07, 6.45) is 3.50. The predicted octanol–water partition coefficient (Wildman–Crippen LogP) is 3.56. The van der Waals surface area contributed by atoms with E-state index >= 15 is 0 Å². The number of carbonyl (C=O) groups is 1. The van der Waals surface area contributed by atoms with Crippen LogP contribution in [0.25, 0.3) is 5.69 Å². The van der Waals surface area contributed by atoms with Crippen LogP contribution in [0.4, 0.5) is 0 Å². The van der Waals surface area contributed by atoms with Crippen LogP contribution in [0.3, 0.4) is 0 Å². The van der Waals surface area contributed by atoms with E-state index in [4.69, 9.17) is 4.74 Å². The van der Waals surface area contributed by atoms with Crippen LogP contribution in [0.15, 0.2) is 61.2 Å². The van der Waals surface area contributed by atoms with Gasteiger partial charge in [-0.25, -0.2) is 9.67 Å². The van der Waals surface area contributed by atoms with Gasteiger partial charge in [-0.15, -0.1) is 0 Å². The molecule has 3 rings (SSSR count). The highest BCUT2D eigenvalue weighted by molar-refractivity contribution is 5.76. The van der Waals surface area contributed by atoms with E-state index in [-0.39, 0.29) is 11.9 Å². The molecule has 1 amide bonds. The Morgan fingerprint density at radius 2 is 1.85 bits per heavy atom. The van der Waals surface area contributed by atoms with Crippen LogP contribution in [0, 0.1) is 6.92 Å². The lowest BCUT2D eigenvalue weighted by Gasteiger charge is -2.25. The van der Waals surface area contributed by atoms with Gasteiger partial charge in [0.05, 0.1) is 24.8 Å². The van der Waals surface area contributed by atoms with Crippen molar-refractivity contribution in [2.24, 2.45) is 0 Å². The van der Waals surface area contributed by atoms with Gasteiger partial charge < -0.3 is 9.64 Å². The van der Waals surface area contributed by atoms with Crippen LogP contribution < -0.4 is 4.74 Å². The highest BCUT2D eigenvalue weighted by Crippen LogP contribution is 2.21. The topological polar surface area (TPSA) is 60.2 Å². The zero-order valence-electron chi connectivity index (χ0n) is 15.9. The van der Waals surface area contributed by atoms with Gasteiger partial charge in [0.15, 0.2) is 0 Å². The number of hydrogen-bond acceptors (Lipinski definition) is 4. The Kier molecular flexibility index (Phi) is 5.86. The molecule has 6 nitrogen and oxygen atoms in total. The van der Waals surface area contributed by atoms with Gasteiger partial charge in [-0.05, 0) is 43.7 Å². The summed E-state index contributed by atoms with van der Waals surface area (Å²) in [6, 6.07) is 15.8. The molecule has 3 aromatic rings. The van der Waals surface area contributed by atoms with Crippen molar-refractivity contribution in [3.63, 3.8) is 0 Å². The first-order chi connectivity index (χ1) is 13.0. The standard InChI is InChI=1S/C21H24N4O2/c1-16-4-10-20(11-5-16)27-13-12-21(26)24(3)17(2)18-6-8-19(9-7-18)25-15-22-14-23-25/h4-11,14-15,17H,12-13H2,1-3H3/t17-/m0/s1. The first-order valence-corrected chi connectivity index (χ1v) is 8.94. The van der Waals surface area contributed by atoms with Crippen molar-refractivity contribution in [2.75, 3.05) is 13.7 Å². The SMILES string of the molecule is Cc1ccc(OCCC(=O)N(C)[C@@H](C)c2ccc(-n3cncn3)cc2)cc1. The molecule has 1 atom stereocenters. The lowest BCUT2D eigenvalue weighted by molar-refractivity contribution is -0.132. The van der Waals surface area contributed by atoms with Gasteiger partial charge >= 0.3 is 0 Å². The van der Waals surface area contributed by atoms with E-state index in [1.807, 2.05) is 69.4 Å². The molecule has 2 aromatic carbocycles. The summed E-state index contributed by atoms with van der Waals surface area (Å²) >= 11 is 0. The second-order valence-electron chi connectivity index (χ2n) is 6.52. The molecule has 140 valence electrons. The van der Waals surface area contributed by atoms with E-state index in [0.29, 0.717) is 13.0 Å². The van der Waals surface area contributed by atoms with Crippen molar-refractivity contribution < 1.29 is 9.53 Å². The van der Waals surface area contributed by atoms with E-state index in [2.05, 4.69) is 10.1 Å². The molecule has 0 fully saturated rings. The Bertz CT molecular complexity index is 858. The monoisotopic (exact) mass is 364 g/mol. The minimum Gasteiger partial charge on any atom is -0.493 e. The Hall–Kier alpha value is -3.15. The Morgan fingerprint density at radius 3 is 2.48 bits per heavy atom. The number of nitrogens with zero attached hydrogens (tertiary/aromatic N) is 4. The van der Waals surface area contributed by atoms with Crippen LogP contribution in [0.5, 0.6) is 5.75 Å². The van der Waals surface area contributed by atoms with Crippen LogP contribution in [-0.2, 0) is 4.79 Å². The van der Waals surface area contributed by atoms with Crippen LogP contribution >= 0.6 is 0 Å². The first-order valence-electron chi connectivity index (χ1n) is 8.94. The Labute approximate surface area is 159 Å². The molecule has 0 aliphatic carbocycles. The number of benzene rings is 2. The molecule has 0 unspecified atom stereocenters. The van der Waals surface area contributed by atoms with Crippen LogP contribution in [0.2, 0.25) is 0 Å². The fourth-order valence-corrected chi connectivity index (χ4v) is 2.75. The largest absolute Gasteiger partial charge is 0.493 e. The third-order valence-electron chi connectivity index (χ3n) is 4.64. The Morgan fingerprint density at radius 1 is 1.15 bits per heavy atom. The molecule has 0 saturated carbocycles. The summed E-state index contributed by atoms with van der Waals surface area (Å²) in [6.45, 7) is 4.41. The summed E-state index contributed by atoms with van der Waals surface area (Å²) < 4.78 is 7.36. The quantitative estimate of drug-likeness (QED) is 0.643. The summed E-state index contributed by atoms with van der Waals surface area (Å²) in [5, 5.41) is 4.11. The van der Waals surface area contributed by atoms with Gasteiger partial charge in [-0.1, -0.05) is 29.8 Å². The maximum Gasteiger partial charge on any atom is 0.226 e. The summed E-state index contributed by atoms with van der Waals surface area (Å²) in [7, 11) is 1.82. The second kappa shape index (κ2) is 8.49. The molecule has 0 bridgehead atoms. The van der Waals surface area contributed by atoms with Crippen molar-refractivity contribution in [1.29, 1.82) is 0 Å². The molecule has 0 aliphatic rings. The molecular formula is C21H24N4O2. The van der Waals surface area contributed by atoms with Gasteiger partial charge in [0.2, 0.25) is 5.91 Å². The van der Waals surface area contributed by atoms with E-state index in [0.717, 1.165) is 17.0 Å². The van der Waals surface area contributed by atoms with E-state index in [1.165, 1.54) is 11.9 Å². The molecule has 0 N–H and O–H groups in total. The highest BCUT2D eigenvalue weighted by Gasteiger charge is 2.17. The highest BCUT2D eigenvalue weighted by atomic mass is 16.5. The van der Waals surface area contributed by atoms with Gasteiger partial charge in [0.25, 0.3) is 0 Å². The van der Waals surface area contributed by atoms with E-state index < -0.39 is 0 Å². The van der Waals surface area contributed by atoms with Crippen LogP contribution in [0.1, 0.15) is 30.5 Å².